The van der Waals surface area contributed by atoms with Crippen molar-refractivity contribution in [2.75, 3.05) is 12.8 Å². The van der Waals surface area contributed by atoms with Gasteiger partial charge in [0, 0.05) is 25.5 Å². The van der Waals surface area contributed by atoms with E-state index >= 15 is 0 Å². The zero-order chi connectivity index (χ0) is 12.1. The molecular weight excluding hydrogens is 228 g/mol. The van der Waals surface area contributed by atoms with Crippen molar-refractivity contribution in [2.24, 2.45) is 0 Å². The summed E-state index contributed by atoms with van der Waals surface area (Å²) in [6.45, 7) is 0. The van der Waals surface area contributed by atoms with Crippen LogP contribution in [0, 0.1) is 0 Å². The van der Waals surface area contributed by atoms with Gasteiger partial charge >= 0.3 is 0 Å². The van der Waals surface area contributed by atoms with E-state index in [4.69, 9.17) is 17.3 Å². The number of halogens is 1. The van der Waals surface area contributed by atoms with Gasteiger partial charge in [0.1, 0.15) is 0 Å². The van der Waals surface area contributed by atoms with Crippen LogP contribution in [-0.2, 0) is 4.79 Å². The summed E-state index contributed by atoms with van der Waals surface area (Å²) in [5.74, 6) is -0.276. The van der Waals surface area contributed by atoms with E-state index in [1.807, 2.05) is 0 Å². The van der Waals surface area contributed by atoms with Crippen molar-refractivity contribution in [3.8, 4) is 0 Å². The van der Waals surface area contributed by atoms with Crippen LogP contribution >= 0.6 is 11.6 Å². The highest BCUT2D eigenvalue weighted by atomic mass is 35.5. The molecule has 16 heavy (non-hydrogen) atoms. The quantitative estimate of drug-likeness (QED) is 0.621. The molecule has 3 N–H and O–H groups in total. The Morgan fingerprint density at radius 2 is 2.06 bits per heavy atom. The Kier molecular flexibility index (Phi) is 4.31. The van der Waals surface area contributed by atoms with Crippen molar-refractivity contribution in [1.82, 2.24) is 5.32 Å². The van der Waals surface area contributed by atoms with Gasteiger partial charge in [-0.1, -0.05) is 11.6 Å². The first kappa shape index (κ1) is 12.5. The number of nitrogen functional groups attached to an aromatic ring is 1. The molecule has 0 fully saturated rings. The molecule has 1 aromatic carbocycles. The fourth-order valence-corrected chi connectivity index (χ4v) is 1.33. The third-order valence-corrected chi connectivity index (χ3v) is 2.52. The minimum absolute atomic E-state index is 0.119. The number of hydrogen-bond acceptors (Lipinski definition) is 3. The minimum atomic E-state index is -0.157. The maximum atomic E-state index is 11.6. The maximum absolute atomic E-state index is 11.6. The number of carbonyl (C=O) groups is 2. The van der Waals surface area contributed by atoms with Gasteiger partial charge in [0.05, 0.1) is 10.7 Å². The van der Waals surface area contributed by atoms with Crippen molar-refractivity contribution < 1.29 is 9.59 Å². The number of carbonyl (C=O) groups excluding carboxylic acids is 2. The third-order valence-electron chi connectivity index (χ3n) is 2.18. The molecule has 1 amide bonds. The first-order valence-corrected chi connectivity index (χ1v) is 5.21. The normalized spacial score (nSPS) is 9.88. The predicted octanol–water partition coefficient (Wildman–Crippen LogP) is 1.63. The molecule has 0 saturated heterocycles. The van der Waals surface area contributed by atoms with Gasteiger partial charge in [-0.05, 0) is 18.2 Å². The van der Waals surface area contributed by atoms with Crippen LogP contribution in [0.5, 0.6) is 0 Å². The molecule has 1 aromatic rings. The van der Waals surface area contributed by atoms with Crippen LogP contribution in [0.25, 0.3) is 0 Å². The molecule has 0 aliphatic carbocycles. The molecular formula is C11H13ClN2O2. The molecule has 0 aromatic heterocycles. The fraction of sp³-hybridized carbons (Fsp3) is 0.273. The van der Waals surface area contributed by atoms with Gasteiger partial charge in [-0.2, -0.15) is 0 Å². The number of nitrogens with one attached hydrogen (secondary N) is 1. The Balaban J connectivity index is 2.66. The van der Waals surface area contributed by atoms with Crippen LogP contribution in [-0.4, -0.2) is 18.7 Å². The number of anilines is 1. The van der Waals surface area contributed by atoms with Crippen LogP contribution in [0.1, 0.15) is 23.2 Å². The number of nitrogens with two attached hydrogens (primary N) is 1. The molecule has 0 aliphatic rings. The number of benzene rings is 1. The summed E-state index contributed by atoms with van der Waals surface area (Å²) in [4.78, 5) is 22.6. The molecule has 0 spiro atoms. The Morgan fingerprint density at radius 1 is 1.38 bits per heavy atom. The summed E-state index contributed by atoms with van der Waals surface area (Å²) in [5.41, 5.74) is 6.42. The first-order chi connectivity index (χ1) is 7.54. The summed E-state index contributed by atoms with van der Waals surface area (Å²) < 4.78 is 0. The van der Waals surface area contributed by atoms with Gasteiger partial charge in [-0.25, -0.2) is 0 Å². The second-order valence-electron chi connectivity index (χ2n) is 3.33. The maximum Gasteiger partial charge on any atom is 0.220 e. The van der Waals surface area contributed by atoms with Crippen LogP contribution in [0.4, 0.5) is 5.69 Å². The van der Waals surface area contributed by atoms with Gasteiger partial charge in [0.15, 0.2) is 5.78 Å². The van der Waals surface area contributed by atoms with Gasteiger partial charge in [0.25, 0.3) is 0 Å². The molecule has 0 heterocycles. The number of hydrogen-bond donors (Lipinski definition) is 2. The van der Waals surface area contributed by atoms with E-state index in [-0.39, 0.29) is 24.5 Å². The summed E-state index contributed by atoms with van der Waals surface area (Å²) in [6.07, 6.45) is 0.346. The number of rotatable bonds is 4. The SMILES string of the molecule is CNC(=O)CCC(=O)c1ccc(Cl)c(N)c1. The van der Waals surface area contributed by atoms with E-state index in [1.165, 1.54) is 13.1 Å². The monoisotopic (exact) mass is 240 g/mol. The van der Waals surface area contributed by atoms with Gasteiger partial charge < -0.3 is 11.1 Å². The van der Waals surface area contributed by atoms with E-state index in [1.54, 1.807) is 12.1 Å². The molecule has 5 heteroatoms. The molecule has 4 nitrogen and oxygen atoms in total. The number of Topliss-reactive ketones (excluding diaryl/α,β-unsaturated/α-hetero) is 1. The highest BCUT2D eigenvalue weighted by Gasteiger charge is 2.09. The zero-order valence-electron chi connectivity index (χ0n) is 8.92. The summed E-state index contributed by atoms with van der Waals surface area (Å²) in [5, 5.41) is 2.87. The van der Waals surface area contributed by atoms with Crippen LogP contribution in [0.2, 0.25) is 5.02 Å². The average molecular weight is 241 g/mol. The molecule has 1 rings (SSSR count). The molecule has 0 saturated carbocycles. The van der Waals surface area contributed by atoms with E-state index < -0.39 is 0 Å². The first-order valence-electron chi connectivity index (χ1n) is 4.83. The molecule has 0 bridgehead atoms. The summed E-state index contributed by atoms with van der Waals surface area (Å²) >= 11 is 5.73. The zero-order valence-corrected chi connectivity index (χ0v) is 9.67. The topological polar surface area (TPSA) is 72.2 Å². The largest absolute Gasteiger partial charge is 0.398 e. The average Bonchev–Trinajstić information content (AvgIpc) is 2.29. The summed E-state index contributed by atoms with van der Waals surface area (Å²) in [6, 6.07) is 4.70. The van der Waals surface area contributed by atoms with Crippen LogP contribution < -0.4 is 11.1 Å². The Hall–Kier alpha value is -1.55. The number of amides is 1. The van der Waals surface area contributed by atoms with Crippen molar-refractivity contribution in [3.05, 3.63) is 28.8 Å². The van der Waals surface area contributed by atoms with Gasteiger partial charge in [-0.15, -0.1) is 0 Å². The van der Waals surface area contributed by atoms with Crippen molar-refractivity contribution in [1.29, 1.82) is 0 Å². The standard InChI is InChI=1S/C11H13ClN2O2/c1-14-11(16)5-4-10(15)7-2-3-8(12)9(13)6-7/h2-3,6H,4-5,13H2,1H3,(H,14,16). The lowest BCUT2D eigenvalue weighted by molar-refractivity contribution is -0.120. The van der Waals surface area contributed by atoms with Crippen LogP contribution in [0.15, 0.2) is 18.2 Å². The summed E-state index contributed by atoms with van der Waals surface area (Å²) in [7, 11) is 1.53. The van der Waals surface area contributed by atoms with E-state index in [2.05, 4.69) is 5.32 Å². The van der Waals surface area contributed by atoms with Crippen molar-refractivity contribution >= 4 is 29.0 Å². The van der Waals surface area contributed by atoms with Gasteiger partial charge in [-0.3, -0.25) is 9.59 Å². The Bertz CT molecular complexity index is 418. The third kappa shape index (κ3) is 3.24. The highest BCUT2D eigenvalue weighted by Crippen LogP contribution is 2.20. The molecule has 86 valence electrons. The highest BCUT2D eigenvalue weighted by molar-refractivity contribution is 6.33. The Labute approximate surface area is 98.8 Å². The van der Waals surface area contributed by atoms with E-state index in [9.17, 15) is 9.59 Å². The number of ketones is 1. The predicted molar refractivity (Wildman–Crippen MR) is 63.5 cm³/mol. The molecule has 0 aliphatic heterocycles. The van der Waals surface area contributed by atoms with Crippen molar-refractivity contribution in [3.63, 3.8) is 0 Å². The lowest BCUT2D eigenvalue weighted by atomic mass is 10.1. The minimum Gasteiger partial charge on any atom is -0.398 e. The second-order valence-corrected chi connectivity index (χ2v) is 3.74. The van der Waals surface area contributed by atoms with Gasteiger partial charge in [0.2, 0.25) is 5.91 Å². The molecule has 0 unspecified atom stereocenters. The lowest BCUT2D eigenvalue weighted by Crippen LogP contribution is -2.18. The smallest absolute Gasteiger partial charge is 0.220 e. The van der Waals surface area contributed by atoms with E-state index in [0.29, 0.717) is 16.3 Å². The van der Waals surface area contributed by atoms with Crippen LogP contribution in [0.3, 0.4) is 0 Å². The molecule has 0 radical (unpaired) electrons. The Morgan fingerprint density at radius 3 is 2.62 bits per heavy atom. The lowest BCUT2D eigenvalue weighted by Gasteiger charge is -2.03. The fourth-order valence-electron chi connectivity index (χ4n) is 1.21. The second kappa shape index (κ2) is 5.51. The van der Waals surface area contributed by atoms with Crippen molar-refractivity contribution in [2.45, 2.75) is 12.8 Å². The van der Waals surface area contributed by atoms with E-state index in [0.717, 1.165) is 0 Å². The molecule has 0 atom stereocenters.